The molecule has 0 bridgehead atoms. The number of hydrogen-bond donors (Lipinski definition) is 0. The van der Waals surface area contributed by atoms with Crippen LogP contribution in [0.15, 0.2) is 64.9 Å². The summed E-state index contributed by atoms with van der Waals surface area (Å²) < 4.78 is 13.4. The van der Waals surface area contributed by atoms with E-state index < -0.39 is 5.92 Å². The highest BCUT2D eigenvalue weighted by Crippen LogP contribution is 2.47. The lowest BCUT2D eigenvalue weighted by Gasteiger charge is -2.30. The molecule has 6 rings (SSSR count). The molecule has 1 atom stereocenters. The van der Waals surface area contributed by atoms with Crippen LogP contribution in [0.4, 0.5) is 0 Å². The average Bonchev–Trinajstić information content (AvgIpc) is 3.43. The first kappa shape index (κ1) is 16.2. The number of ketones is 1. The highest BCUT2D eigenvalue weighted by molar-refractivity contribution is 5.99. The molecule has 0 radical (unpaired) electrons. The van der Waals surface area contributed by atoms with Crippen LogP contribution in [0.3, 0.4) is 0 Å². The number of furan rings is 1. The van der Waals surface area contributed by atoms with Crippen molar-refractivity contribution in [2.45, 2.75) is 25.2 Å². The summed E-state index contributed by atoms with van der Waals surface area (Å²) in [5, 5.41) is 4.52. The Hall–Kier alpha value is -3.81. The summed E-state index contributed by atoms with van der Waals surface area (Å²) in [7, 11) is 0. The van der Waals surface area contributed by atoms with E-state index in [0.29, 0.717) is 58.5 Å². The smallest absolute Gasteiger partial charge is 0.228 e. The minimum absolute atomic E-state index is 0.0739. The Labute approximate surface area is 164 Å². The maximum atomic E-state index is 12.9. The summed E-state index contributed by atoms with van der Waals surface area (Å²) >= 11 is 0. The number of fused-ring (bicyclic) bond motifs is 3. The van der Waals surface area contributed by atoms with Crippen LogP contribution >= 0.6 is 0 Å². The number of Topliss-reactive ketones (excluding diaryl/α,β-unsaturated/α-hetero) is 1. The van der Waals surface area contributed by atoms with Gasteiger partial charge in [-0.2, -0.15) is 0 Å². The molecule has 142 valence electrons. The van der Waals surface area contributed by atoms with E-state index in [1.807, 2.05) is 30.3 Å². The molecule has 8 heteroatoms. The zero-order valence-corrected chi connectivity index (χ0v) is 15.3. The molecular formula is C21H15N5O3. The molecule has 0 aromatic carbocycles. The molecule has 0 unspecified atom stereocenters. The number of rotatable bonds is 2. The fourth-order valence-electron chi connectivity index (χ4n) is 4.06. The average molecular weight is 385 g/mol. The van der Waals surface area contributed by atoms with Gasteiger partial charge in [0.2, 0.25) is 11.7 Å². The number of allylic oxidation sites excluding steroid dienone is 2. The van der Waals surface area contributed by atoms with Gasteiger partial charge >= 0.3 is 0 Å². The molecule has 0 saturated heterocycles. The maximum Gasteiger partial charge on any atom is 0.228 e. The van der Waals surface area contributed by atoms with Gasteiger partial charge in [-0.25, -0.2) is 14.5 Å². The SMILES string of the molecule is O=C1CCCC2=C1[C@@H](c1ccco1)c1c(ncn3nc(-c4ccccn4)nc13)O2. The van der Waals surface area contributed by atoms with Crippen LogP contribution in [0.25, 0.3) is 17.2 Å². The summed E-state index contributed by atoms with van der Waals surface area (Å²) in [4.78, 5) is 26.4. The van der Waals surface area contributed by atoms with E-state index in [1.165, 1.54) is 0 Å². The number of ether oxygens (including phenoxy) is 1. The quantitative estimate of drug-likeness (QED) is 0.522. The second-order valence-electron chi connectivity index (χ2n) is 7.05. The Balaban J connectivity index is 1.62. The van der Waals surface area contributed by atoms with E-state index >= 15 is 0 Å². The monoisotopic (exact) mass is 385 g/mol. The van der Waals surface area contributed by atoms with Crippen LogP contribution in [-0.4, -0.2) is 30.3 Å². The maximum absolute atomic E-state index is 12.9. The number of nitrogens with zero attached hydrogens (tertiary/aromatic N) is 5. The van der Waals surface area contributed by atoms with Gasteiger partial charge in [-0.1, -0.05) is 6.07 Å². The topological polar surface area (TPSA) is 95.4 Å². The van der Waals surface area contributed by atoms with Crippen molar-refractivity contribution in [3.63, 3.8) is 0 Å². The summed E-state index contributed by atoms with van der Waals surface area (Å²) in [5.41, 5.74) is 2.55. The highest BCUT2D eigenvalue weighted by Gasteiger charge is 2.40. The van der Waals surface area contributed by atoms with Gasteiger partial charge in [-0.15, -0.1) is 5.10 Å². The molecule has 1 aliphatic carbocycles. The van der Waals surface area contributed by atoms with Crippen LogP contribution in [0, 0.1) is 0 Å². The van der Waals surface area contributed by atoms with Crippen LogP contribution in [-0.2, 0) is 4.79 Å². The number of aromatic nitrogens is 5. The molecule has 1 aliphatic heterocycles. The van der Waals surface area contributed by atoms with Crippen LogP contribution in [0.1, 0.15) is 36.5 Å². The Morgan fingerprint density at radius 3 is 2.90 bits per heavy atom. The lowest BCUT2D eigenvalue weighted by Crippen LogP contribution is -2.26. The number of hydrogen-bond acceptors (Lipinski definition) is 7. The predicted octanol–water partition coefficient (Wildman–Crippen LogP) is 3.31. The van der Waals surface area contributed by atoms with Gasteiger partial charge in [0.05, 0.1) is 17.7 Å². The lowest BCUT2D eigenvalue weighted by atomic mass is 9.80. The van der Waals surface area contributed by atoms with Gasteiger partial charge in [-0.05, 0) is 30.7 Å². The molecule has 0 N–H and O–H groups in total. The van der Waals surface area contributed by atoms with Crippen molar-refractivity contribution in [2.24, 2.45) is 0 Å². The van der Waals surface area contributed by atoms with E-state index in [2.05, 4.69) is 15.1 Å². The minimum atomic E-state index is -0.423. The predicted molar refractivity (Wildman–Crippen MR) is 101 cm³/mol. The first-order valence-electron chi connectivity index (χ1n) is 9.44. The molecule has 4 aromatic heterocycles. The van der Waals surface area contributed by atoms with Gasteiger partial charge in [0.1, 0.15) is 23.5 Å². The number of carbonyl (C=O) groups is 1. The summed E-state index contributed by atoms with van der Waals surface area (Å²) in [5.74, 6) is 1.91. The van der Waals surface area contributed by atoms with Gasteiger partial charge < -0.3 is 9.15 Å². The van der Waals surface area contributed by atoms with Crippen molar-refractivity contribution >= 4 is 11.4 Å². The fraction of sp³-hybridized carbons (Fsp3) is 0.190. The van der Waals surface area contributed by atoms with Crippen LogP contribution in [0.2, 0.25) is 0 Å². The fourth-order valence-corrected chi connectivity index (χ4v) is 4.06. The summed E-state index contributed by atoms with van der Waals surface area (Å²) in [6, 6.07) is 9.25. The summed E-state index contributed by atoms with van der Waals surface area (Å²) in [6.07, 6.45) is 6.85. The molecule has 0 fully saturated rings. The van der Waals surface area contributed by atoms with Crippen molar-refractivity contribution in [1.29, 1.82) is 0 Å². The van der Waals surface area contributed by atoms with Gasteiger partial charge in [0.15, 0.2) is 11.4 Å². The van der Waals surface area contributed by atoms with E-state index in [9.17, 15) is 4.79 Å². The number of pyridine rings is 1. The van der Waals surface area contributed by atoms with Crippen molar-refractivity contribution in [2.75, 3.05) is 0 Å². The Morgan fingerprint density at radius 2 is 2.07 bits per heavy atom. The highest BCUT2D eigenvalue weighted by atomic mass is 16.5. The summed E-state index contributed by atoms with van der Waals surface area (Å²) in [6.45, 7) is 0. The minimum Gasteiger partial charge on any atom is -0.468 e. The molecule has 29 heavy (non-hydrogen) atoms. The van der Waals surface area contributed by atoms with Gasteiger partial charge in [0, 0.05) is 24.6 Å². The normalized spacial score (nSPS) is 18.5. The Kier molecular flexibility index (Phi) is 3.40. The van der Waals surface area contributed by atoms with Crippen LogP contribution in [0.5, 0.6) is 5.88 Å². The van der Waals surface area contributed by atoms with Crippen molar-refractivity contribution in [3.05, 3.63) is 71.8 Å². The second kappa shape index (κ2) is 6.10. The molecule has 0 saturated carbocycles. The Morgan fingerprint density at radius 1 is 1.10 bits per heavy atom. The first-order valence-corrected chi connectivity index (χ1v) is 9.44. The molecule has 4 aromatic rings. The molecule has 0 amide bonds. The van der Waals surface area contributed by atoms with Gasteiger partial charge in [0.25, 0.3) is 0 Å². The van der Waals surface area contributed by atoms with Crippen molar-refractivity contribution < 1.29 is 13.9 Å². The van der Waals surface area contributed by atoms with E-state index in [0.717, 1.165) is 6.42 Å². The third-order valence-electron chi connectivity index (χ3n) is 5.31. The molecule has 0 spiro atoms. The van der Waals surface area contributed by atoms with E-state index in [1.54, 1.807) is 23.3 Å². The molecule has 2 aliphatic rings. The zero-order chi connectivity index (χ0) is 19.4. The lowest BCUT2D eigenvalue weighted by molar-refractivity contribution is -0.116. The van der Waals surface area contributed by atoms with E-state index in [4.69, 9.17) is 14.1 Å². The number of carbonyl (C=O) groups excluding carboxylic acids is 1. The zero-order valence-electron chi connectivity index (χ0n) is 15.3. The van der Waals surface area contributed by atoms with Crippen LogP contribution < -0.4 is 4.74 Å². The molecule has 5 heterocycles. The Bertz CT molecular complexity index is 1270. The molecule has 8 nitrogen and oxygen atoms in total. The third-order valence-corrected chi connectivity index (χ3v) is 5.31. The van der Waals surface area contributed by atoms with Gasteiger partial charge in [-0.3, -0.25) is 9.78 Å². The third kappa shape index (κ3) is 2.42. The van der Waals surface area contributed by atoms with E-state index in [-0.39, 0.29) is 5.78 Å². The van der Waals surface area contributed by atoms with Crippen molar-refractivity contribution in [3.8, 4) is 17.4 Å². The standard InChI is InChI=1S/C21H15N5O3/c27-13-6-3-7-15-16(13)17(14-8-4-10-28-14)18-20-24-19(12-5-1-2-9-22-12)25-26(20)11-23-21(18)29-15/h1-2,4-5,8-11,17H,3,6-7H2/t17-/m1/s1. The largest absolute Gasteiger partial charge is 0.468 e. The molecular weight excluding hydrogens is 370 g/mol. The first-order chi connectivity index (χ1) is 14.3. The van der Waals surface area contributed by atoms with Crippen molar-refractivity contribution in [1.82, 2.24) is 24.6 Å². The second-order valence-corrected chi connectivity index (χ2v) is 7.05.